The molecule has 0 saturated heterocycles. The van der Waals surface area contributed by atoms with Gasteiger partial charge in [0.25, 0.3) is 0 Å². The lowest BCUT2D eigenvalue weighted by molar-refractivity contribution is -0.157. The number of hydrogen-bond donors (Lipinski definition) is 2. The Bertz CT molecular complexity index is 1590. The van der Waals surface area contributed by atoms with E-state index in [2.05, 4.69) is 76.0 Å². The predicted molar refractivity (Wildman–Crippen MR) is 202 cm³/mol. The second-order valence-corrected chi connectivity index (χ2v) is 14.2. The molecule has 0 heterocycles. The first-order chi connectivity index (χ1) is 24.4. The highest BCUT2D eigenvalue weighted by Gasteiger charge is 2.32. The molecule has 0 radical (unpaired) electrons. The molecule has 0 amide bonds. The Morgan fingerprint density at radius 3 is 1.30 bits per heavy atom. The van der Waals surface area contributed by atoms with Gasteiger partial charge in [0.2, 0.25) is 0 Å². The summed E-state index contributed by atoms with van der Waals surface area (Å²) < 4.78 is 124. The maximum atomic E-state index is 12.5. The predicted octanol–water partition coefficient (Wildman–Crippen LogP) is 13.2. The minimum atomic E-state index is -4.42. The van der Waals surface area contributed by atoms with Crippen LogP contribution in [0.15, 0.2) is 69.6 Å². The molecule has 54 heavy (non-hydrogen) atoms. The average Bonchev–Trinajstić information content (AvgIpc) is 3.01. The standard InChI is InChI=1S/C13H14BrF3O3.C7H4BrF3O.C7H5F3O.C6H11BrO2.Br2/c1-12(2,3)20-11(18)7-19-10-5-4-8(6-9(10)14)13(15,16)17;8-5-3-4(7(9,10)11)1-2-6(5)12;8-7(9,10)5-1-3-6(11)4-2-5;1-6(2,3)9-5(8)4-7;1-2/h4-6H,7H2,1-3H3;1-3,12H;1-4,11H;4H2,1-3H3;. The normalized spacial score (nSPS) is 11.4. The van der Waals surface area contributed by atoms with Gasteiger partial charge in [0.05, 0.1) is 25.6 Å². The number of benzene rings is 3. The molecule has 306 valence electrons. The van der Waals surface area contributed by atoms with E-state index < -0.39 is 46.8 Å². The molecule has 0 aliphatic heterocycles. The summed E-state index contributed by atoms with van der Waals surface area (Å²) in [4.78, 5) is 22.0. The van der Waals surface area contributed by atoms with Gasteiger partial charge in [-0.3, -0.25) is 4.79 Å². The highest BCUT2D eigenvalue weighted by atomic mass is 80.9. The number of phenolic OH excluding ortho intramolecular Hbond substituents is 2. The van der Waals surface area contributed by atoms with Gasteiger partial charge in [-0.2, -0.15) is 39.5 Å². The first-order valence-corrected chi connectivity index (χ1v) is 20.8. The van der Waals surface area contributed by atoms with Crippen molar-refractivity contribution in [3.8, 4) is 17.2 Å². The smallest absolute Gasteiger partial charge is 0.416 e. The molecule has 0 aliphatic rings. The van der Waals surface area contributed by atoms with Crippen molar-refractivity contribution in [3.05, 3.63) is 86.3 Å². The second-order valence-electron chi connectivity index (χ2n) is 11.9. The van der Waals surface area contributed by atoms with Crippen LogP contribution in [0.4, 0.5) is 39.5 Å². The number of halogens is 14. The Morgan fingerprint density at radius 1 is 0.593 bits per heavy atom. The van der Waals surface area contributed by atoms with Crippen molar-refractivity contribution in [2.75, 3.05) is 11.9 Å². The molecule has 0 aromatic heterocycles. The lowest BCUT2D eigenvalue weighted by Gasteiger charge is -2.19. The van der Waals surface area contributed by atoms with Crippen LogP contribution in [0.5, 0.6) is 17.2 Å². The zero-order valence-electron chi connectivity index (χ0n) is 28.9. The largest absolute Gasteiger partial charge is 0.508 e. The zero-order chi connectivity index (χ0) is 42.9. The summed E-state index contributed by atoms with van der Waals surface area (Å²) in [6, 6.07) is 9.23. The summed E-state index contributed by atoms with van der Waals surface area (Å²) >= 11 is 14.3. The van der Waals surface area contributed by atoms with Crippen LogP contribution in [0.2, 0.25) is 0 Å². The van der Waals surface area contributed by atoms with Gasteiger partial charge in [0, 0.05) is 28.3 Å². The Hall–Kier alpha value is -2.23. The highest BCUT2D eigenvalue weighted by molar-refractivity contribution is 9.93. The molecule has 3 aromatic carbocycles. The van der Waals surface area contributed by atoms with Crippen molar-refractivity contribution in [1.82, 2.24) is 0 Å². The highest BCUT2D eigenvalue weighted by Crippen LogP contribution is 2.36. The van der Waals surface area contributed by atoms with Crippen molar-refractivity contribution >= 4 is 88.0 Å². The summed E-state index contributed by atoms with van der Waals surface area (Å²) in [6.07, 6.45) is -13.1. The minimum Gasteiger partial charge on any atom is -0.508 e. The van der Waals surface area contributed by atoms with Crippen molar-refractivity contribution in [3.63, 3.8) is 0 Å². The molecule has 0 atom stereocenters. The van der Waals surface area contributed by atoms with Crippen molar-refractivity contribution in [2.45, 2.75) is 71.3 Å². The number of hydrogen-bond acceptors (Lipinski definition) is 7. The molecule has 0 fully saturated rings. The molecular formula is C33H34Br5F9O7. The minimum absolute atomic E-state index is 0.0392. The average molecular weight is 1110 g/mol. The van der Waals surface area contributed by atoms with Crippen LogP contribution >= 0.6 is 76.0 Å². The van der Waals surface area contributed by atoms with E-state index in [4.69, 9.17) is 24.4 Å². The zero-order valence-corrected chi connectivity index (χ0v) is 36.8. The molecule has 7 nitrogen and oxygen atoms in total. The quantitative estimate of drug-likeness (QED) is 0.152. The summed E-state index contributed by atoms with van der Waals surface area (Å²) in [5, 5.41) is 17.8. The monoisotopic (exact) mass is 1110 g/mol. The van der Waals surface area contributed by atoms with E-state index in [0.717, 1.165) is 60.7 Å². The van der Waals surface area contributed by atoms with Gasteiger partial charge in [-0.05, 0) is 134 Å². The summed E-state index contributed by atoms with van der Waals surface area (Å²) in [7, 11) is 0. The Morgan fingerprint density at radius 2 is 0.963 bits per heavy atom. The number of alkyl halides is 10. The van der Waals surface area contributed by atoms with Gasteiger partial charge < -0.3 is 24.4 Å². The van der Waals surface area contributed by atoms with E-state index in [1.54, 1.807) is 20.8 Å². The molecule has 0 bridgehead atoms. The summed E-state index contributed by atoms with van der Waals surface area (Å²) in [6.45, 7) is 10.3. The third kappa shape index (κ3) is 25.0. The molecule has 0 spiro atoms. The Kier molecular flexibility index (Phi) is 23.7. The first-order valence-electron chi connectivity index (χ1n) is 14.4. The molecule has 2 N–H and O–H groups in total. The van der Waals surface area contributed by atoms with E-state index in [1.165, 1.54) is 0 Å². The van der Waals surface area contributed by atoms with E-state index in [0.29, 0.717) is 0 Å². The number of aromatic hydroxyl groups is 2. The van der Waals surface area contributed by atoms with Crippen molar-refractivity contribution < 1.29 is 73.5 Å². The van der Waals surface area contributed by atoms with Crippen LogP contribution in [0.25, 0.3) is 0 Å². The van der Waals surface area contributed by atoms with Gasteiger partial charge in [0.15, 0.2) is 6.61 Å². The van der Waals surface area contributed by atoms with Gasteiger partial charge in [-0.1, -0.05) is 15.9 Å². The third-order valence-corrected chi connectivity index (χ3v) is 6.74. The van der Waals surface area contributed by atoms with Gasteiger partial charge in [0.1, 0.15) is 33.8 Å². The number of carbonyl (C=O) groups is 2. The van der Waals surface area contributed by atoms with Gasteiger partial charge >= 0.3 is 30.5 Å². The van der Waals surface area contributed by atoms with E-state index in [9.17, 15) is 49.1 Å². The summed E-state index contributed by atoms with van der Waals surface area (Å²) in [5.41, 5.74) is -3.33. The third-order valence-electron chi connectivity index (χ3n) is 5.02. The maximum absolute atomic E-state index is 12.5. The van der Waals surface area contributed by atoms with Crippen molar-refractivity contribution in [1.29, 1.82) is 0 Å². The number of ether oxygens (including phenoxy) is 3. The molecule has 21 heteroatoms. The number of esters is 2. The van der Waals surface area contributed by atoms with Crippen LogP contribution in [0.3, 0.4) is 0 Å². The maximum Gasteiger partial charge on any atom is 0.416 e. The SMILES string of the molecule is BrBr.CC(C)(C)OC(=O)CBr.CC(C)(C)OC(=O)COc1ccc(C(F)(F)F)cc1Br.Oc1ccc(C(F)(F)F)cc1.Oc1ccc(C(F)(F)F)cc1Br. The fraction of sp³-hybridized carbons (Fsp3) is 0.394. The topological polar surface area (TPSA) is 102 Å². The second kappa shape index (κ2) is 23.7. The molecule has 0 aliphatic carbocycles. The fourth-order valence-corrected chi connectivity index (χ4v) is 3.99. The van der Waals surface area contributed by atoms with E-state index in [-0.39, 0.29) is 49.7 Å². The van der Waals surface area contributed by atoms with Crippen LogP contribution in [-0.4, -0.2) is 45.3 Å². The lowest BCUT2D eigenvalue weighted by Crippen LogP contribution is -2.27. The molecule has 0 unspecified atom stereocenters. The van der Waals surface area contributed by atoms with Crippen LogP contribution in [0, 0.1) is 0 Å². The molecular weight excluding hydrogens is 1080 g/mol. The van der Waals surface area contributed by atoms with Crippen LogP contribution in [-0.2, 0) is 37.6 Å². The number of phenols is 2. The summed E-state index contributed by atoms with van der Waals surface area (Å²) in [5.74, 6) is -1.04. The first kappa shape index (κ1) is 53.9. The van der Waals surface area contributed by atoms with E-state index in [1.807, 2.05) is 20.8 Å². The Balaban J connectivity index is 0. The van der Waals surface area contributed by atoms with Gasteiger partial charge in [-0.15, -0.1) is 0 Å². The number of carbonyl (C=O) groups excluding carboxylic acids is 2. The molecule has 3 aromatic rings. The molecule has 3 rings (SSSR count). The lowest BCUT2D eigenvalue weighted by atomic mass is 10.2. The van der Waals surface area contributed by atoms with Crippen molar-refractivity contribution in [2.24, 2.45) is 0 Å². The Labute approximate surface area is 346 Å². The molecule has 0 saturated carbocycles. The van der Waals surface area contributed by atoms with Crippen LogP contribution < -0.4 is 4.74 Å². The fourth-order valence-electron chi connectivity index (χ4n) is 3.00. The van der Waals surface area contributed by atoms with Gasteiger partial charge in [-0.25, -0.2) is 4.79 Å². The van der Waals surface area contributed by atoms with E-state index >= 15 is 0 Å². The number of rotatable bonds is 4. The van der Waals surface area contributed by atoms with Crippen LogP contribution in [0.1, 0.15) is 58.2 Å².